The summed E-state index contributed by atoms with van der Waals surface area (Å²) in [5.41, 5.74) is 6.23. The van der Waals surface area contributed by atoms with Crippen molar-refractivity contribution in [1.29, 1.82) is 0 Å². The molecule has 2 rings (SSSR count). The van der Waals surface area contributed by atoms with Crippen LogP contribution in [-0.4, -0.2) is 6.54 Å². The molecule has 1 aliphatic rings. The lowest BCUT2D eigenvalue weighted by molar-refractivity contribution is 0.263. The fraction of sp³-hybridized carbons (Fsp3) is 0.600. The van der Waals surface area contributed by atoms with E-state index in [1.165, 1.54) is 23.1 Å². The molecular weight excluding hydrogens is 194 g/mol. The normalized spacial score (nSPS) is 20.7. The summed E-state index contributed by atoms with van der Waals surface area (Å²) in [6.07, 6.45) is 1.17. The third kappa shape index (κ3) is 2.01. The highest BCUT2D eigenvalue weighted by Crippen LogP contribution is 2.38. The zero-order valence-corrected chi connectivity index (χ0v) is 11.1. The summed E-state index contributed by atoms with van der Waals surface area (Å²) in [4.78, 5) is 0. The van der Waals surface area contributed by atoms with Gasteiger partial charge in [-0.05, 0) is 48.9 Å². The van der Waals surface area contributed by atoms with Gasteiger partial charge in [0.05, 0.1) is 0 Å². The molecule has 0 spiro atoms. The van der Waals surface area contributed by atoms with Crippen LogP contribution < -0.4 is 5.32 Å². The van der Waals surface area contributed by atoms with E-state index in [2.05, 4.69) is 52.1 Å². The van der Waals surface area contributed by atoms with Gasteiger partial charge in [0.1, 0.15) is 0 Å². The van der Waals surface area contributed by atoms with E-state index < -0.39 is 0 Å². The van der Waals surface area contributed by atoms with Crippen molar-refractivity contribution in [1.82, 2.24) is 5.32 Å². The highest BCUT2D eigenvalue weighted by Gasteiger charge is 2.30. The van der Waals surface area contributed by atoms with Crippen molar-refractivity contribution in [3.63, 3.8) is 0 Å². The summed E-state index contributed by atoms with van der Waals surface area (Å²) < 4.78 is 0. The summed E-state index contributed by atoms with van der Waals surface area (Å²) in [5, 5.41) is 3.67. The number of rotatable bonds is 0. The minimum atomic E-state index is 0.287. The van der Waals surface area contributed by atoms with Crippen LogP contribution >= 0.6 is 0 Å². The van der Waals surface area contributed by atoms with Gasteiger partial charge in [-0.2, -0.15) is 0 Å². The first-order valence-electron chi connectivity index (χ1n) is 6.23. The Kier molecular flexibility index (Phi) is 2.83. The number of nitrogens with one attached hydrogen (secondary N) is 1. The Morgan fingerprint density at radius 3 is 2.50 bits per heavy atom. The van der Waals surface area contributed by atoms with Gasteiger partial charge in [-0.1, -0.05) is 38.5 Å². The minimum Gasteiger partial charge on any atom is -0.309 e. The molecule has 0 saturated carbocycles. The van der Waals surface area contributed by atoms with Gasteiger partial charge in [0.2, 0.25) is 0 Å². The molecule has 0 aromatic heterocycles. The molecular formula is C15H23N. The molecule has 1 N–H and O–H groups in total. The molecule has 0 fully saturated rings. The smallest absolute Gasteiger partial charge is 0.0372 e. The summed E-state index contributed by atoms with van der Waals surface area (Å²) in [7, 11) is 0. The summed E-state index contributed by atoms with van der Waals surface area (Å²) in [5.74, 6) is 0. The molecule has 0 bridgehead atoms. The third-order valence-electron chi connectivity index (χ3n) is 3.55. The number of aryl methyl sites for hydroxylation is 2. The molecule has 88 valence electrons. The molecule has 1 heteroatoms. The lowest BCUT2D eigenvalue weighted by Gasteiger charge is -2.37. The van der Waals surface area contributed by atoms with E-state index in [4.69, 9.17) is 0 Å². The van der Waals surface area contributed by atoms with Crippen LogP contribution in [0.5, 0.6) is 0 Å². The maximum Gasteiger partial charge on any atom is 0.0372 e. The molecule has 0 amide bonds. The number of benzene rings is 1. The number of hydrogen-bond acceptors (Lipinski definition) is 1. The van der Waals surface area contributed by atoms with Crippen molar-refractivity contribution in [2.24, 2.45) is 5.41 Å². The van der Waals surface area contributed by atoms with Crippen molar-refractivity contribution in [2.75, 3.05) is 6.54 Å². The van der Waals surface area contributed by atoms with Gasteiger partial charge >= 0.3 is 0 Å². The van der Waals surface area contributed by atoms with Crippen LogP contribution in [0.3, 0.4) is 0 Å². The van der Waals surface area contributed by atoms with Gasteiger partial charge in [-0.15, -0.1) is 0 Å². The van der Waals surface area contributed by atoms with Gasteiger partial charge in [0, 0.05) is 6.04 Å². The van der Waals surface area contributed by atoms with E-state index in [-0.39, 0.29) is 5.41 Å². The molecule has 0 radical (unpaired) electrons. The van der Waals surface area contributed by atoms with E-state index in [0.717, 1.165) is 6.54 Å². The molecule has 1 atom stereocenters. The first-order chi connectivity index (χ1) is 7.39. The average Bonchev–Trinajstić information content (AvgIpc) is 2.15. The monoisotopic (exact) mass is 217 g/mol. The fourth-order valence-corrected chi connectivity index (χ4v) is 2.85. The molecule has 1 unspecified atom stereocenters. The van der Waals surface area contributed by atoms with E-state index in [1.54, 1.807) is 5.56 Å². The lowest BCUT2D eigenvalue weighted by atomic mass is 9.77. The van der Waals surface area contributed by atoms with Gasteiger partial charge in [-0.25, -0.2) is 0 Å². The molecule has 16 heavy (non-hydrogen) atoms. The van der Waals surface area contributed by atoms with Crippen LogP contribution in [0.15, 0.2) is 12.1 Å². The first-order valence-corrected chi connectivity index (χ1v) is 6.23. The standard InChI is InChI=1S/C15H23N/c1-10-8-11(2)12-6-7-16-14(13(12)9-10)15(3,4)5/h8-9,14,16H,6-7H2,1-5H3. The molecule has 1 aromatic carbocycles. The Morgan fingerprint density at radius 1 is 1.19 bits per heavy atom. The molecule has 1 nitrogen and oxygen atoms in total. The van der Waals surface area contributed by atoms with E-state index in [9.17, 15) is 0 Å². The van der Waals surface area contributed by atoms with Crippen LogP contribution in [0.25, 0.3) is 0 Å². The van der Waals surface area contributed by atoms with Crippen molar-refractivity contribution < 1.29 is 0 Å². The Labute approximate surface area is 99.3 Å². The van der Waals surface area contributed by atoms with Crippen LogP contribution in [0.1, 0.15) is 49.1 Å². The van der Waals surface area contributed by atoms with Crippen LogP contribution in [0.2, 0.25) is 0 Å². The lowest BCUT2D eigenvalue weighted by Crippen LogP contribution is -2.38. The maximum atomic E-state index is 3.67. The third-order valence-corrected chi connectivity index (χ3v) is 3.55. The number of hydrogen-bond donors (Lipinski definition) is 1. The van der Waals surface area contributed by atoms with Gasteiger partial charge in [-0.3, -0.25) is 0 Å². The zero-order chi connectivity index (χ0) is 11.9. The average molecular weight is 217 g/mol. The van der Waals surface area contributed by atoms with E-state index in [1.807, 2.05) is 0 Å². The first kappa shape index (κ1) is 11.7. The Balaban J connectivity index is 2.54. The molecule has 1 aliphatic heterocycles. The topological polar surface area (TPSA) is 12.0 Å². The zero-order valence-electron chi connectivity index (χ0n) is 11.1. The second-order valence-electron chi connectivity index (χ2n) is 6.15. The molecule has 0 aliphatic carbocycles. The van der Waals surface area contributed by atoms with Crippen molar-refractivity contribution >= 4 is 0 Å². The highest BCUT2D eigenvalue weighted by molar-refractivity contribution is 5.42. The molecule has 1 heterocycles. The van der Waals surface area contributed by atoms with E-state index in [0.29, 0.717) is 6.04 Å². The predicted molar refractivity (Wildman–Crippen MR) is 69.8 cm³/mol. The van der Waals surface area contributed by atoms with E-state index >= 15 is 0 Å². The van der Waals surface area contributed by atoms with Crippen molar-refractivity contribution in [3.8, 4) is 0 Å². The quantitative estimate of drug-likeness (QED) is 0.701. The second-order valence-corrected chi connectivity index (χ2v) is 6.15. The van der Waals surface area contributed by atoms with Crippen LogP contribution in [0, 0.1) is 19.3 Å². The number of fused-ring (bicyclic) bond motifs is 1. The SMILES string of the molecule is Cc1cc(C)c2c(c1)C(C(C)(C)C)NCC2. The Bertz CT molecular complexity index is 399. The largest absolute Gasteiger partial charge is 0.309 e. The summed E-state index contributed by atoms with van der Waals surface area (Å²) in [6.45, 7) is 12.5. The summed E-state index contributed by atoms with van der Waals surface area (Å²) in [6, 6.07) is 5.17. The maximum absolute atomic E-state index is 3.67. The fourth-order valence-electron chi connectivity index (χ4n) is 2.85. The van der Waals surface area contributed by atoms with Crippen LogP contribution in [0.4, 0.5) is 0 Å². The molecule has 1 aromatic rings. The Hall–Kier alpha value is -0.820. The van der Waals surface area contributed by atoms with Crippen molar-refractivity contribution in [2.45, 2.75) is 47.1 Å². The Morgan fingerprint density at radius 2 is 1.88 bits per heavy atom. The predicted octanol–water partition coefficient (Wildman–Crippen LogP) is 3.54. The van der Waals surface area contributed by atoms with Gasteiger partial charge < -0.3 is 5.32 Å². The summed E-state index contributed by atoms with van der Waals surface area (Å²) >= 11 is 0. The minimum absolute atomic E-state index is 0.287. The highest BCUT2D eigenvalue weighted by atomic mass is 14.9. The molecule has 0 saturated heterocycles. The van der Waals surface area contributed by atoms with Crippen LogP contribution in [-0.2, 0) is 6.42 Å². The van der Waals surface area contributed by atoms with Gasteiger partial charge in [0.25, 0.3) is 0 Å². The van der Waals surface area contributed by atoms with Gasteiger partial charge in [0.15, 0.2) is 0 Å². The van der Waals surface area contributed by atoms with Crippen molar-refractivity contribution in [3.05, 3.63) is 34.4 Å². The second kappa shape index (κ2) is 3.89.